The van der Waals surface area contributed by atoms with Crippen molar-refractivity contribution in [1.29, 1.82) is 0 Å². The number of carbonyl (C=O) groups is 1. The molecule has 146 valence electrons. The van der Waals surface area contributed by atoms with Crippen LogP contribution >= 0.6 is 0 Å². The van der Waals surface area contributed by atoms with E-state index in [0.29, 0.717) is 17.9 Å². The smallest absolute Gasteiger partial charge is 0.339 e. The van der Waals surface area contributed by atoms with Gasteiger partial charge in [0.05, 0.1) is 12.2 Å². The van der Waals surface area contributed by atoms with Crippen LogP contribution in [0.4, 0.5) is 0 Å². The molecule has 3 rings (SSSR count). The van der Waals surface area contributed by atoms with Gasteiger partial charge in [-0.2, -0.15) is 0 Å². The van der Waals surface area contributed by atoms with Crippen molar-refractivity contribution in [2.45, 2.75) is 65.2 Å². The molecular weight excluding hydrogens is 346 g/mol. The molecule has 1 heterocycles. The van der Waals surface area contributed by atoms with E-state index < -0.39 is 0 Å². The van der Waals surface area contributed by atoms with Crippen LogP contribution in [0.3, 0.4) is 0 Å². The normalized spacial score (nSPS) is 16.5. The van der Waals surface area contributed by atoms with Gasteiger partial charge in [0.25, 0.3) is 0 Å². The fourth-order valence-corrected chi connectivity index (χ4v) is 3.79. The van der Waals surface area contributed by atoms with Crippen molar-refractivity contribution >= 4 is 5.97 Å². The highest BCUT2D eigenvalue weighted by atomic mass is 16.5. The van der Waals surface area contributed by atoms with Gasteiger partial charge in [0.15, 0.2) is 0 Å². The standard InChI is InChI=1S/C25H29NO2/c1-7-28-23(27)19-9-11-20(26-16-19)10-8-18-15-22-21(14-17(18)2)24(3,4)12-13-25(22,5)6/h9,11,14-16H,7,12-13H2,1-6H3. The van der Waals surface area contributed by atoms with Gasteiger partial charge in [-0.15, -0.1) is 0 Å². The lowest BCUT2D eigenvalue weighted by Crippen LogP contribution is -2.34. The molecule has 0 saturated heterocycles. The van der Waals surface area contributed by atoms with Crippen LogP contribution < -0.4 is 0 Å². The highest BCUT2D eigenvalue weighted by Crippen LogP contribution is 2.46. The van der Waals surface area contributed by atoms with Crippen LogP contribution in [0.2, 0.25) is 0 Å². The molecule has 0 bridgehead atoms. The highest BCUT2D eigenvalue weighted by molar-refractivity contribution is 5.89. The van der Waals surface area contributed by atoms with Crippen molar-refractivity contribution in [2.24, 2.45) is 0 Å². The lowest BCUT2D eigenvalue weighted by atomic mass is 9.62. The van der Waals surface area contributed by atoms with Crippen LogP contribution in [0.1, 0.15) is 85.8 Å². The molecule has 1 aliphatic carbocycles. The predicted molar refractivity (Wildman–Crippen MR) is 113 cm³/mol. The van der Waals surface area contributed by atoms with E-state index in [0.717, 1.165) is 5.56 Å². The Morgan fingerprint density at radius 3 is 2.29 bits per heavy atom. The minimum atomic E-state index is -0.357. The topological polar surface area (TPSA) is 39.2 Å². The monoisotopic (exact) mass is 375 g/mol. The number of fused-ring (bicyclic) bond motifs is 1. The average molecular weight is 376 g/mol. The minimum Gasteiger partial charge on any atom is -0.462 e. The fourth-order valence-electron chi connectivity index (χ4n) is 3.79. The molecular formula is C25H29NO2. The first-order valence-corrected chi connectivity index (χ1v) is 9.95. The third-order valence-electron chi connectivity index (χ3n) is 5.80. The van der Waals surface area contributed by atoms with Gasteiger partial charge in [-0.05, 0) is 78.3 Å². The maximum Gasteiger partial charge on any atom is 0.339 e. The van der Waals surface area contributed by atoms with Crippen LogP contribution in [-0.2, 0) is 15.6 Å². The number of ether oxygens (including phenoxy) is 1. The Kier molecular flexibility index (Phi) is 5.35. The molecule has 0 unspecified atom stereocenters. The number of carbonyl (C=O) groups excluding carboxylic acids is 1. The number of hydrogen-bond acceptors (Lipinski definition) is 3. The first-order valence-electron chi connectivity index (χ1n) is 9.95. The Morgan fingerprint density at radius 1 is 1.07 bits per heavy atom. The molecule has 0 fully saturated rings. The second kappa shape index (κ2) is 7.43. The quantitative estimate of drug-likeness (QED) is 0.527. The molecule has 28 heavy (non-hydrogen) atoms. The van der Waals surface area contributed by atoms with Crippen LogP contribution in [-0.4, -0.2) is 17.6 Å². The van der Waals surface area contributed by atoms with Gasteiger partial charge in [0.1, 0.15) is 5.69 Å². The van der Waals surface area contributed by atoms with E-state index in [1.54, 1.807) is 19.1 Å². The van der Waals surface area contributed by atoms with Crippen molar-refractivity contribution in [3.63, 3.8) is 0 Å². The van der Waals surface area contributed by atoms with Crippen LogP contribution in [0, 0.1) is 18.8 Å². The number of nitrogens with zero attached hydrogens (tertiary/aromatic N) is 1. The van der Waals surface area contributed by atoms with E-state index >= 15 is 0 Å². The van der Waals surface area contributed by atoms with Crippen molar-refractivity contribution in [3.05, 3.63) is 64.0 Å². The molecule has 1 aliphatic rings. The van der Waals surface area contributed by atoms with E-state index in [1.165, 1.54) is 35.7 Å². The number of benzene rings is 1. The zero-order chi connectivity index (χ0) is 20.5. The van der Waals surface area contributed by atoms with Gasteiger partial charge >= 0.3 is 5.97 Å². The first-order chi connectivity index (χ1) is 13.1. The molecule has 0 N–H and O–H groups in total. The number of rotatable bonds is 2. The van der Waals surface area contributed by atoms with Crippen molar-refractivity contribution < 1.29 is 9.53 Å². The van der Waals surface area contributed by atoms with Gasteiger partial charge in [0, 0.05) is 11.8 Å². The van der Waals surface area contributed by atoms with E-state index in [2.05, 4.69) is 63.6 Å². The molecule has 3 nitrogen and oxygen atoms in total. The molecule has 2 aromatic rings. The highest BCUT2D eigenvalue weighted by Gasteiger charge is 2.37. The summed E-state index contributed by atoms with van der Waals surface area (Å²) in [5, 5.41) is 0. The summed E-state index contributed by atoms with van der Waals surface area (Å²) in [6.45, 7) is 13.6. The van der Waals surface area contributed by atoms with E-state index in [4.69, 9.17) is 4.74 Å². The van der Waals surface area contributed by atoms with Crippen molar-refractivity contribution in [2.75, 3.05) is 6.61 Å². The van der Waals surface area contributed by atoms with Gasteiger partial charge in [-0.1, -0.05) is 39.7 Å². The molecule has 1 aromatic carbocycles. The third-order valence-corrected chi connectivity index (χ3v) is 5.80. The Morgan fingerprint density at radius 2 is 1.71 bits per heavy atom. The Bertz CT molecular complexity index is 957. The molecule has 0 radical (unpaired) electrons. The fraction of sp³-hybridized carbons (Fsp3) is 0.440. The summed E-state index contributed by atoms with van der Waals surface area (Å²) < 4.78 is 4.99. The van der Waals surface area contributed by atoms with Crippen LogP contribution in [0.25, 0.3) is 0 Å². The minimum absolute atomic E-state index is 0.161. The molecule has 1 aromatic heterocycles. The first kappa shape index (κ1) is 20.1. The Labute approximate surface area is 168 Å². The van der Waals surface area contributed by atoms with Gasteiger partial charge in [0.2, 0.25) is 0 Å². The SMILES string of the molecule is CCOC(=O)c1ccc(C#Cc2cc3c(cc2C)C(C)(C)CCC3(C)C)nc1. The summed E-state index contributed by atoms with van der Waals surface area (Å²) in [6, 6.07) is 8.06. The van der Waals surface area contributed by atoms with Gasteiger partial charge < -0.3 is 4.74 Å². The van der Waals surface area contributed by atoms with Crippen LogP contribution in [0.15, 0.2) is 30.5 Å². The largest absolute Gasteiger partial charge is 0.462 e. The van der Waals surface area contributed by atoms with Gasteiger partial charge in [-0.3, -0.25) is 0 Å². The predicted octanol–water partition coefficient (Wildman–Crippen LogP) is 5.32. The van der Waals surface area contributed by atoms with Crippen molar-refractivity contribution in [1.82, 2.24) is 4.98 Å². The summed E-state index contributed by atoms with van der Waals surface area (Å²) in [5.41, 5.74) is 6.54. The van der Waals surface area contributed by atoms with Gasteiger partial charge in [-0.25, -0.2) is 9.78 Å². The summed E-state index contributed by atoms with van der Waals surface area (Å²) in [5.74, 6) is 6.07. The summed E-state index contributed by atoms with van der Waals surface area (Å²) in [7, 11) is 0. The maximum atomic E-state index is 11.7. The molecule has 0 atom stereocenters. The molecule has 3 heteroatoms. The number of pyridine rings is 1. The molecule has 0 spiro atoms. The molecule has 0 amide bonds. The lowest BCUT2D eigenvalue weighted by molar-refractivity contribution is 0.0526. The summed E-state index contributed by atoms with van der Waals surface area (Å²) in [6.07, 6.45) is 3.90. The van der Waals surface area contributed by atoms with Crippen molar-refractivity contribution in [3.8, 4) is 11.8 Å². The average Bonchev–Trinajstić information content (AvgIpc) is 2.65. The lowest BCUT2D eigenvalue weighted by Gasteiger charge is -2.42. The second-order valence-corrected chi connectivity index (χ2v) is 8.88. The molecule has 0 aliphatic heterocycles. The third kappa shape index (κ3) is 3.97. The summed E-state index contributed by atoms with van der Waals surface area (Å²) in [4.78, 5) is 16.0. The number of esters is 1. The Balaban J connectivity index is 1.94. The second-order valence-electron chi connectivity index (χ2n) is 8.88. The zero-order valence-electron chi connectivity index (χ0n) is 17.8. The number of hydrogen-bond donors (Lipinski definition) is 0. The zero-order valence-corrected chi connectivity index (χ0v) is 17.8. The Hall–Kier alpha value is -2.60. The van der Waals surface area contributed by atoms with E-state index in [9.17, 15) is 4.79 Å². The van der Waals surface area contributed by atoms with E-state index in [1.807, 2.05) is 0 Å². The van der Waals surface area contributed by atoms with E-state index in [-0.39, 0.29) is 16.8 Å². The van der Waals surface area contributed by atoms with Crippen LogP contribution in [0.5, 0.6) is 0 Å². The summed E-state index contributed by atoms with van der Waals surface area (Å²) >= 11 is 0. The number of aryl methyl sites for hydroxylation is 1. The molecule has 0 saturated carbocycles. The number of aromatic nitrogens is 1. The maximum absolute atomic E-state index is 11.7.